The van der Waals surface area contributed by atoms with Gasteiger partial charge in [-0.25, -0.2) is 0 Å². The van der Waals surface area contributed by atoms with Crippen LogP contribution in [0.4, 0.5) is 18.9 Å². The molecule has 3 N–H and O–H groups in total. The summed E-state index contributed by atoms with van der Waals surface area (Å²) in [6, 6.07) is 4.37. The minimum absolute atomic E-state index is 0. The minimum atomic E-state index is -4.75. The molecule has 7 nitrogen and oxygen atoms in total. The quantitative estimate of drug-likeness (QED) is 0.720. The smallest absolute Gasteiger partial charge is 0.406 e. The number of piperazine rings is 1. The van der Waals surface area contributed by atoms with Crippen molar-refractivity contribution in [3.63, 3.8) is 0 Å². The predicted molar refractivity (Wildman–Crippen MR) is 103 cm³/mol. The molecule has 0 bridgehead atoms. The molecule has 1 aliphatic heterocycles. The van der Waals surface area contributed by atoms with Crippen molar-refractivity contribution in [3.05, 3.63) is 24.3 Å². The first-order chi connectivity index (χ1) is 12.1. The third-order valence-electron chi connectivity index (χ3n) is 3.81. The number of nitrogens with zero attached hydrogens (tertiary/aromatic N) is 2. The van der Waals surface area contributed by atoms with E-state index in [1.165, 1.54) is 12.1 Å². The summed E-state index contributed by atoms with van der Waals surface area (Å²) in [5, 5.41) is 2.61. The lowest BCUT2D eigenvalue weighted by Crippen LogP contribution is -2.53. The molecule has 28 heavy (non-hydrogen) atoms. The number of nitrogens with two attached hydrogens (primary N) is 1. The Morgan fingerprint density at radius 1 is 1.14 bits per heavy atom. The van der Waals surface area contributed by atoms with Gasteiger partial charge in [-0.1, -0.05) is 0 Å². The topological polar surface area (TPSA) is 87.9 Å². The Bertz CT molecular complexity index is 637. The van der Waals surface area contributed by atoms with Crippen LogP contribution in [0.5, 0.6) is 5.75 Å². The highest BCUT2D eigenvalue weighted by Crippen LogP contribution is 2.23. The van der Waals surface area contributed by atoms with Gasteiger partial charge in [0.15, 0.2) is 0 Å². The van der Waals surface area contributed by atoms with Crippen molar-refractivity contribution in [1.29, 1.82) is 0 Å². The van der Waals surface area contributed by atoms with E-state index in [-0.39, 0.29) is 48.9 Å². The fourth-order valence-corrected chi connectivity index (χ4v) is 2.56. The van der Waals surface area contributed by atoms with Crippen molar-refractivity contribution in [2.45, 2.75) is 19.3 Å². The molecule has 0 aromatic heterocycles. The van der Waals surface area contributed by atoms with Gasteiger partial charge in [-0.3, -0.25) is 14.5 Å². The highest BCUT2D eigenvalue weighted by molar-refractivity contribution is 5.92. The summed E-state index contributed by atoms with van der Waals surface area (Å²) >= 11 is 0. The predicted octanol–water partition coefficient (Wildman–Crippen LogP) is 1.86. The van der Waals surface area contributed by atoms with Crippen LogP contribution < -0.4 is 15.8 Å². The van der Waals surface area contributed by atoms with E-state index in [0.717, 1.165) is 12.1 Å². The van der Waals surface area contributed by atoms with Crippen LogP contribution in [0, 0.1) is 0 Å². The lowest BCUT2D eigenvalue weighted by Gasteiger charge is -2.35. The van der Waals surface area contributed by atoms with Crippen molar-refractivity contribution < 1.29 is 27.5 Å². The number of benzene rings is 1. The van der Waals surface area contributed by atoms with Crippen LogP contribution in [-0.4, -0.2) is 66.7 Å². The van der Waals surface area contributed by atoms with Crippen LogP contribution in [-0.2, 0) is 9.59 Å². The maximum absolute atomic E-state index is 12.1. The molecule has 12 heteroatoms. The third-order valence-corrected chi connectivity index (χ3v) is 3.81. The van der Waals surface area contributed by atoms with Gasteiger partial charge in [0.2, 0.25) is 11.8 Å². The molecule has 2 amide bonds. The number of ether oxygens (including phenoxy) is 1. The largest absolute Gasteiger partial charge is 0.573 e. The van der Waals surface area contributed by atoms with E-state index in [0.29, 0.717) is 31.9 Å². The number of amides is 2. The first-order valence-corrected chi connectivity index (χ1v) is 8.06. The van der Waals surface area contributed by atoms with Gasteiger partial charge in [-0.05, 0) is 31.2 Å². The van der Waals surface area contributed by atoms with Crippen LogP contribution in [0.3, 0.4) is 0 Å². The van der Waals surface area contributed by atoms with Crippen molar-refractivity contribution >= 4 is 42.3 Å². The average molecular weight is 447 g/mol. The van der Waals surface area contributed by atoms with E-state index in [9.17, 15) is 22.8 Å². The average Bonchev–Trinajstić information content (AvgIpc) is 2.55. The number of halogens is 5. The van der Waals surface area contributed by atoms with E-state index in [1.54, 1.807) is 11.8 Å². The number of carbonyl (C=O) groups excluding carboxylic acids is 2. The zero-order chi connectivity index (χ0) is 19.3. The molecule has 1 aromatic rings. The number of hydrogen-bond acceptors (Lipinski definition) is 5. The van der Waals surface area contributed by atoms with Crippen molar-refractivity contribution in [2.75, 3.05) is 38.0 Å². The molecule has 1 aliphatic rings. The molecule has 1 saturated heterocycles. The first kappa shape index (κ1) is 26.2. The summed E-state index contributed by atoms with van der Waals surface area (Å²) in [6.07, 6.45) is -4.75. The molecular formula is C16H23Cl2F3N4O3. The summed E-state index contributed by atoms with van der Waals surface area (Å²) in [6.45, 7) is 3.84. The Hall–Kier alpha value is -1.75. The number of rotatable bonds is 5. The minimum Gasteiger partial charge on any atom is -0.406 e. The maximum atomic E-state index is 12.1. The number of nitrogens with one attached hydrogen (secondary N) is 1. The summed E-state index contributed by atoms with van der Waals surface area (Å²) in [5.74, 6) is -0.762. The van der Waals surface area contributed by atoms with Crippen molar-refractivity contribution in [2.24, 2.45) is 5.73 Å². The fourth-order valence-electron chi connectivity index (χ4n) is 2.56. The van der Waals surface area contributed by atoms with E-state index in [1.807, 2.05) is 4.90 Å². The summed E-state index contributed by atoms with van der Waals surface area (Å²) < 4.78 is 40.1. The molecule has 0 spiro atoms. The van der Waals surface area contributed by atoms with Crippen molar-refractivity contribution in [1.82, 2.24) is 9.80 Å². The van der Waals surface area contributed by atoms with Gasteiger partial charge in [0.1, 0.15) is 5.75 Å². The van der Waals surface area contributed by atoms with Gasteiger partial charge in [0, 0.05) is 31.9 Å². The van der Waals surface area contributed by atoms with Crippen LogP contribution in [0.1, 0.15) is 6.92 Å². The second kappa shape index (κ2) is 11.3. The van der Waals surface area contributed by atoms with E-state index >= 15 is 0 Å². The number of alkyl halides is 3. The highest BCUT2D eigenvalue weighted by Gasteiger charge is 2.31. The molecule has 0 aliphatic carbocycles. The van der Waals surface area contributed by atoms with Gasteiger partial charge < -0.3 is 20.7 Å². The molecule has 160 valence electrons. The summed E-state index contributed by atoms with van der Waals surface area (Å²) in [7, 11) is 0. The maximum Gasteiger partial charge on any atom is 0.573 e. The van der Waals surface area contributed by atoms with E-state index in [4.69, 9.17) is 5.73 Å². The van der Waals surface area contributed by atoms with Crippen LogP contribution in [0.15, 0.2) is 24.3 Å². The fraction of sp³-hybridized carbons (Fsp3) is 0.500. The molecule has 0 radical (unpaired) electrons. The Labute approximate surface area is 173 Å². The summed E-state index contributed by atoms with van der Waals surface area (Å²) in [5.41, 5.74) is 5.94. The van der Waals surface area contributed by atoms with Crippen LogP contribution in [0.25, 0.3) is 0 Å². The molecule has 1 fully saturated rings. The zero-order valence-electron chi connectivity index (χ0n) is 15.1. The lowest BCUT2D eigenvalue weighted by atomic mass is 10.2. The molecule has 0 saturated carbocycles. The molecule has 1 aromatic carbocycles. The third kappa shape index (κ3) is 8.51. The van der Waals surface area contributed by atoms with Gasteiger partial charge >= 0.3 is 6.36 Å². The Balaban J connectivity index is 0.00000364. The second-order valence-electron chi connectivity index (χ2n) is 6.01. The monoisotopic (exact) mass is 446 g/mol. The molecule has 1 atom stereocenters. The van der Waals surface area contributed by atoms with E-state index in [2.05, 4.69) is 10.1 Å². The first-order valence-electron chi connectivity index (χ1n) is 8.06. The Morgan fingerprint density at radius 2 is 1.68 bits per heavy atom. The second-order valence-corrected chi connectivity index (χ2v) is 6.01. The highest BCUT2D eigenvalue weighted by atomic mass is 35.5. The number of carbonyl (C=O) groups is 2. The van der Waals surface area contributed by atoms with Gasteiger partial charge in [0.25, 0.3) is 0 Å². The number of anilines is 1. The van der Waals surface area contributed by atoms with Gasteiger partial charge in [-0.15, -0.1) is 38.0 Å². The summed E-state index contributed by atoms with van der Waals surface area (Å²) in [4.78, 5) is 27.4. The molecule has 1 heterocycles. The standard InChI is InChI=1S/C16H21F3N4O3.2ClH/c1-11(20)15(25)23-8-6-22(7-9-23)10-14(24)21-12-2-4-13(5-3-12)26-16(17,18)19;;/h2-5,11H,6-10,20H2,1H3,(H,21,24);2*1H/t11-;;/m1../s1. The zero-order valence-corrected chi connectivity index (χ0v) is 16.7. The van der Waals surface area contributed by atoms with Crippen molar-refractivity contribution in [3.8, 4) is 5.75 Å². The number of hydrogen-bond donors (Lipinski definition) is 2. The molecule has 2 rings (SSSR count). The lowest BCUT2D eigenvalue weighted by molar-refractivity contribution is -0.274. The van der Waals surface area contributed by atoms with Crippen LogP contribution >= 0.6 is 24.8 Å². The SMILES string of the molecule is C[C@@H](N)C(=O)N1CCN(CC(=O)Nc2ccc(OC(F)(F)F)cc2)CC1.Cl.Cl. The molecule has 0 unspecified atom stereocenters. The van der Waals surface area contributed by atoms with Crippen LogP contribution in [0.2, 0.25) is 0 Å². The Morgan fingerprint density at radius 3 is 2.14 bits per heavy atom. The molecular weight excluding hydrogens is 424 g/mol. The van der Waals surface area contributed by atoms with E-state index < -0.39 is 12.4 Å². The van der Waals surface area contributed by atoms with Gasteiger partial charge in [-0.2, -0.15) is 0 Å². The normalized spacial score (nSPS) is 15.7. The van der Waals surface area contributed by atoms with Gasteiger partial charge in [0.05, 0.1) is 12.6 Å². The Kier molecular flexibility index (Phi) is 10.6.